The fourth-order valence-electron chi connectivity index (χ4n) is 0. The molecule has 0 amide bonds. The van der Waals surface area contributed by atoms with Gasteiger partial charge in [-0.2, -0.15) is 0 Å². The molecule has 39 heavy (non-hydrogen) atoms. The summed E-state index contributed by atoms with van der Waals surface area (Å²) in [7, 11) is -35.2. The monoisotopic (exact) mass is 929 g/mol. The minimum absolute atomic E-state index is 0. The minimum atomic E-state index is -5.86. The molecule has 0 aromatic rings. The first-order valence-corrected chi connectivity index (χ1v) is 14.4. The number of halogens is 6. The summed E-state index contributed by atoms with van der Waals surface area (Å²) < 4.78 is 61.0. The summed E-state index contributed by atoms with van der Waals surface area (Å²) >= 11 is 0. The van der Waals surface area contributed by atoms with Crippen LogP contribution in [0.1, 0.15) is 0 Å². The maximum atomic E-state index is 10.2. The second-order valence-electron chi connectivity index (χ2n) is 2.89. The van der Waals surface area contributed by atoms with Crippen LogP contribution in [0, 0.1) is 0 Å². The Labute approximate surface area is 491 Å². The van der Waals surface area contributed by atoms with Crippen LogP contribution in [0.3, 0.4) is 0 Å². The van der Waals surface area contributed by atoms with E-state index in [-0.39, 0.29) is 340 Å². The van der Waals surface area contributed by atoms with Crippen molar-refractivity contribution >= 4 is 394 Å². The topological polar surface area (TPSA) is 415 Å². The van der Waals surface area contributed by atoms with Crippen molar-refractivity contribution in [2.45, 2.75) is 0 Å². The molecule has 192 valence electrons. The third kappa shape index (κ3) is 845. The maximum absolute atomic E-state index is 10.2. The third-order valence-corrected chi connectivity index (χ3v) is 0. The van der Waals surface area contributed by atoms with Crippen LogP contribution in [0.4, 0.5) is 24.6 Å². The van der Waals surface area contributed by atoms with Crippen molar-refractivity contribution in [3.8, 4) is 0 Å². The van der Waals surface area contributed by atoms with Crippen molar-refractivity contribution in [1.82, 2.24) is 0 Å². The van der Waals surface area contributed by atoms with Gasteiger partial charge in [-0.15, -0.1) is 0 Å². The Hall–Kier alpha value is 11.5. The second kappa shape index (κ2) is 51.6. The van der Waals surface area contributed by atoms with Crippen molar-refractivity contribution in [2.75, 3.05) is 0 Å². The van der Waals surface area contributed by atoms with Gasteiger partial charge >= 0.3 is 340 Å². The molecule has 0 rings (SSSR count). The normalized spacial score (nSPS) is 9.23. The zero-order valence-corrected chi connectivity index (χ0v) is 44.9. The average molecular weight is 931 g/mol. The molecule has 39 heteroatoms. The summed E-state index contributed by atoms with van der Waals surface area (Å²) in [5.74, 6) is 0. The average Bonchev–Trinajstić information content (AvgIpc) is 1.94. The fourth-order valence-corrected chi connectivity index (χ4v) is 0. The summed E-state index contributed by atoms with van der Waals surface area (Å²) in [6.07, 6.45) is 0. The Morgan fingerprint density at radius 3 is 0.179 bits per heavy atom. The van der Waals surface area contributed by atoms with E-state index >= 15 is 0 Å². The molecular formula is Ca9F6O18Si6. The first-order chi connectivity index (χ1) is 12.0. The van der Waals surface area contributed by atoms with Gasteiger partial charge in [-0.1, -0.05) is 54.8 Å². The molecule has 0 spiro atoms. The molecule has 0 aromatic heterocycles. The molecule has 0 N–H and O–H groups in total. The van der Waals surface area contributed by atoms with Crippen molar-refractivity contribution in [3.05, 3.63) is 0 Å². The fraction of sp³-hybridized carbons (Fsp3) is 0. The molecule has 0 aliphatic rings. The van der Waals surface area contributed by atoms with Crippen LogP contribution in [-0.4, -0.2) is 394 Å². The van der Waals surface area contributed by atoms with Gasteiger partial charge in [-0.3, -0.25) is 0 Å². The Morgan fingerprint density at radius 1 is 0.179 bits per heavy atom. The van der Waals surface area contributed by atoms with E-state index in [0.29, 0.717) is 0 Å². The molecular weight excluding hydrogens is 931 g/mol. The van der Waals surface area contributed by atoms with Crippen molar-refractivity contribution in [3.63, 3.8) is 0 Å². The van der Waals surface area contributed by atoms with Crippen LogP contribution < -0.4 is 86.3 Å². The minimum Gasteiger partial charge on any atom is -0.857 e. The zero-order chi connectivity index (χ0) is 27.0. The van der Waals surface area contributed by atoms with E-state index in [1.165, 1.54) is 0 Å². The standard InChI is InChI=1S/9Ca.6FO3Si/c;;;;;;;;;6*1-5(2,3)4/q9*+2;6*-3. The van der Waals surface area contributed by atoms with Gasteiger partial charge in [0.05, 0.1) is 0 Å². The number of hydrogen-bond acceptors (Lipinski definition) is 18. The SMILES string of the molecule is [Ca+2].[Ca+2].[Ca+2].[Ca+2].[Ca+2].[Ca+2].[Ca+2].[Ca+2].[Ca+2].[O-][Si]([O-])([O-])F.[O-][Si]([O-])([O-])F.[O-][Si]([O-])([O-])F.[O-][Si]([O-])([O-])F.[O-][Si]([O-])([O-])F.[O-][Si]([O-])([O-])F. The number of hydrogen-bond donors (Lipinski definition) is 0. The van der Waals surface area contributed by atoms with Crippen molar-refractivity contribution < 1.29 is 111 Å². The molecule has 0 saturated heterocycles. The quantitative estimate of drug-likeness (QED) is 0.124. The van der Waals surface area contributed by atoms with Gasteiger partial charge in [-0.05, 0) is 0 Å². The molecule has 0 radical (unpaired) electrons. The van der Waals surface area contributed by atoms with E-state index < -0.39 is 54.8 Å². The van der Waals surface area contributed by atoms with Crippen molar-refractivity contribution in [1.29, 1.82) is 0 Å². The smallest absolute Gasteiger partial charge is 0.857 e. The molecule has 18 nitrogen and oxygen atoms in total. The Bertz CT molecular complexity index is 258. The van der Waals surface area contributed by atoms with E-state index in [0.717, 1.165) is 0 Å². The van der Waals surface area contributed by atoms with E-state index in [4.69, 9.17) is 86.3 Å². The Balaban J connectivity index is -0.0000000130. The van der Waals surface area contributed by atoms with Gasteiger partial charge in [0.1, 0.15) is 0 Å². The maximum Gasteiger partial charge on any atom is 2.00 e. The van der Waals surface area contributed by atoms with E-state index in [2.05, 4.69) is 0 Å². The molecule has 0 unspecified atom stereocenters. The van der Waals surface area contributed by atoms with E-state index in [1.807, 2.05) is 0 Å². The first-order valence-electron chi connectivity index (χ1n) is 4.81. The van der Waals surface area contributed by atoms with Gasteiger partial charge in [-0.25, -0.2) is 0 Å². The van der Waals surface area contributed by atoms with Crippen LogP contribution in [0.2, 0.25) is 0 Å². The molecule has 0 aromatic carbocycles. The zero-order valence-electron chi connectivity index (χ0n) is 19.0. The second-order valence-corrected chi connectivity index (χ2v) is 8.67. The Kier molecular flexibility index (Phi) is 130. The van der Waals surface area contributed by atoms with Gasteiger partial charge in [0.15, 0.2) is 0 Å². The molecule has 0 aliphatic carbocycles. The molecule has 0 atom stereocenters. The molecule has 0 bridgehead atoms. The van der Waals surface area contributed by atoms with Crippen LogP contribution >= 0.6 is 0 Å². The summed E-state index contributed by atoms with van der Waals surface area (Å²) in [4.78, 5) is 152. The molecule has 0 fully saturated rings. The first kappa shape index (κ1) is 98.2. The summed E-state index contributed by atoms with van der Waals surface area (Å²) in [6, 6.07) is 0. The van der Waals surface area contributed by atoms with Crippen LogP contribution in [0.15, 0.2) is 0 Å². The summed E-state index contributed by atoms with van der Waals surface area (Å²) in [5.41, 5.74) is 0. The summed E-state index contributed by atoms with van der Waals surface area (Å²) in [5, 5.41) is 0. The van der Waals surface area contributed by atoms with Gasteiger partial charge in [0.2, 0.25) is 0 Å². The number of rotatable bonds is 0. The van der Waals surface area contributed by atoms with E-state index in [9.17, 15) is 24.6 Å². The summed E-state index contributed by atoms with van der Waals surface area (Å²) in [6.45, 7) is 0. The van der Waals surface area contributed by atoms with Crippen LogP contribution in [-0.2, 0) is 0 Å². The predicted octanol–water partition coefficient (Wildman–Crippen LogP) is -24.6. The van der Waals surface area contributed by atoms with Crippen molar-refractivity contribution in [2.24, 2.45) is 0 Å². The van der Waals surface area contributed by atoms with Gasteiger partial charge < -0.3 is 111 Å². The molecule has 0 heterocycles. The van der Waals surface area contributed by atoms with Crippen LogP contribution in [0.5, 0.6) is 0 Å². The molecule has 0 saturated carbocycles. The predicted molar refractivity (Wildman–Crippen MR) is 93.0 cm³/mol. The largest absolute Gasteiger partial charge is 2.00 e. The van der Waals surface area contributed by atoms with Crippen LogP contribution in [0.25, 0.3) is 0 Å². The van der Waals surface area contributed by atoms with Gasteiger partial charge in [0.25, 0.3) is 0 Å². The third-order valence-electron chi connectivity index (χ3n) is 0. The van der Waals surface area contributed by atoms with E-state index in [1.54, 1.807) is 0 Å². The molecule has 0 aliphatic heterocycles. The van der Waals surface area contributed by atoms with Gasteiger partial charge in [0, 0.05) is 0 Å². The Morgan fingerprint density at radius 2 is 0.179 bits per heavy atom.